The van der Waals surface area contributed by atoms with Crippen molar-refractivity contribution in [1.82, 2.24) is 5.43 Å². The highest BCUT2D eigenvalue weighted by atomic mass is 79.9. The number of amides is 1. The van der Waals surface area contributed by atoms with E-state index in [1.54, 1.807) is 19.2 Å². The van der Waals surface area contributed by atoms with E-state index in [1.807, 2.05) is 44.2 Å². The SMILES string of the molecule is COc1ccc(C(C)=NNC(=O)c2ccc(C)c(Br)c2)cc1. The van der Waals surface area contributed by atoms with Gasteiger partial charge >= 0.3 is 0 Å². The van der Waals surface area contributed by atoms with Crippen molar-refractivity contribution >= 4 is 27.5 Å². The number of carbonyl (C=O) groups excluding carboxylic acids is 1. The number of nitrogens with one attached hydrogen (secondary N) is 1. The highest BCUT2D eigenvalue weighted by molar-refractivity contribution is 9.10. The van der Waals surface area contributed by atoms with Crippen LogP contribution in [0.5, 0.6) is 5.75 Å². The molecule has 22 heavy (non-hydrogen) atoms. The monoisotopic (exact) mass is 360 g/mol. The number of hydrazone groups is 1. The van der Waals surface area contributed by atoms with Gasteiger partial charge in [0.1, 0.15) is 5.75 Å². The molecule has 114 valence electrons. The molecule has 2 rings (SSSR count). The number of methoxy groups -OCH3 is 1. The fourth-order valence-corrected chi connectivity index (χ4v) is 2.21. The molecule has 0 aromatic heterocycles. The van der Waals surface area contributed by atoms with Crippen LogP contribution in [-0.4, -0.2) is 18.7 Å². The minimum absolute atomic E-state index is 0.242. The highest BCUT2D eigenvalue weighted by Gasteiger charge is 2.07. The second-order valence-corrected chi connectivity index (χ2v) is 5.68. The van der Waals surface area contributed by atoms with Crippen LogP contribution in [0.1, 0.15) is 28.4 Å². The molecule has 0 heterocycles. The fourth-order valence-electron chi connectivity index (χ4n) is 1.83. The Labute approximate surface area is 138 Å². The molecule has 5 heteroatoms. The van der Waals surface area contributed by atoms with Crippen molar-refractivity contribution < 1.29 is 9.53 Å². The highest BCUT2D eigenvalue weighted by Crippen LogP contribution is 2.17. The number of nitrogens with zero attached hydrogens (tertiary/aromatic N) is 1. The van der Waals surface area contributed by atoms with Gasteiger partial charge in [-0.1, -0.05) is 22.0 Å². The Balaban J connectivity index is 2.08. The number of rotatable bonds is 4. The quantitative estimate of drug-likeness (QED) is 0.663. The van der Waals surface area contributed by atoms with Crippen molar-refractivity contribution in [2.24, 2.45) is 5.10 Å². The standard InChI is InChI=1S/C17H17BrN2O2/c1-11-4-5-14(10-16(11)18)17(21)20-19-12(2)13-6-8-15(22-3)9-7-13/h4-10H,1-3H3,(H,20,21). The Morgan fingerprint density at radius 1 is 1.14 bits per heavy atom. The average molecular weight is 361 g/mol. The maximum absolute atomic E-state index is 12.1. The smallest absolute Gasteiger partial charge is 0.271 e. The Morgan fingerprint density at radius 2 is 1.77 bits per heavy atom. The Morgan fingerprint density at radius 3 is 2.36 bits per heavy atom. The molecule has 0 atom stereocenters. The van der Waals surface area contributed by atoms with Gasteiger partial charge in [-0.05, 0) is 61.4 Å². The summed E-state index contributed by atoms with van der Waals surface area (Å²) in [5.41, 5.74) is 5.85. The van der Waals surface area contributed by atoms with Crippen LogP contribution in [0.25, 0.3) is 0 Å². The van der Waals surface area contributed by atoms with E-state index in [-0.39, 0.29) is 5.91 Å². The summed E-state index contributed by atoms with van der Waals surface area (Å²) in [6, 6.07) is 12.9. The summed E-state index contributed by atoms with van der Waals surface area (Å²) in [7, 11) is 1.62. The van der Waals surface area contributed by atoms with E-state index in [0.29, 0.717) is 5.56 Å². The van der Waals surface area contributed by atoms with Crippen molar-refractivity contribution in [3.8, 4) is 5.75 Å². The minimum atomic E-state index is -0.242. The van der Waals surface area contributed by atoms with Crippen LogP contribution in [0.15, 0.2) is 52.0 Å². The van der Waals surface area contributed by atoms with E-state index in [9.17, 15) is 4.79 Å². The van der Waals surface area contributed by atoms with Crippen LogP contribution in [0.2, 0.25) is 0 Å². The molecular formula is C17H17BrN2O2. The molecule has 0 fully saturated rings. The molecule has 1 N–H and O–H groups in total. The molecule has 0 bridgehead atoms. The molecule has 0 aliphatic carbocycles. The van der Waals surface area contributed by atoms with Gasteiger partial charge < -0.3 is 4.74 Å². The maximum atomic E-state index is 12.1. The van der Waals surface area contributed by atoms with E-state index in [0.717, 1.165) is 27.1 Å². The van der Waals surface area contributed by atoms with Gasteiger partial charge in [-0.25, -0.2) is 5.43 Å². The van der Waals surface area contributed by atoms with Gasteiger partial charge in [-0.15, -0.1) is 0 Å². The third kappa shape index (κ3) is 3.95. The van der Waals surface area contributed by atoms with Gasteiger partial charge in [0.05, 0.1) is 12.8 Å². The average Bonchev–Trinajstić information content (AvgIpc) is 2.54. The molecule has 0 radical (unpaired) electrons. The second kappa shape index (κ2) is 7.22. The van der Waals surface area contributed by atoms with Crippen LogP contribution >= 0.6 is 15.9 Å². The number of carbonyl (C=O) groups is 1. The first kappa shape index (κ1) is 16.2. The molecule has 0 spiro atoms. The van der Waals surface area contributed by atoms with Gasteiger partial charge in [-0.2, -0.15) is 5.10 Å². The summed E-state index contributed by atoms with van der Waals surface area (Å²) in [6.45, 7) is 3.81. The summed E-state index contributed by atoms with van der Waals surface area (Å²) < 4.78 is 6.01. The Kier molecular flexibility index (Phi) is 5.33. The fraction of sp³-hybridized carbons (Fsp3) is 0.176. The Hall–Kier alpha value is -2.14. The lowest BCUT2D eigenvalue weighted by Crippen LogP contribution is -2.19. The molecule has 4 nitrogen and oxygen atoms in total. The zero-order valence-corrected chi connectivity index (χ0v) is 14.3. The molecule has 0 unspecified atom stereocenters. The number of benzene rings is 2. The van der Waals surface area contributed by atoms with E-state index < -0.39 is 0 Å². The van der Waals surface area contributed by atoms with Gasteiger partial charge in [0.25, 0.3) is 5.91 Å². The van der Waals surface area contributed by atoms with Gasteiger partial charge in [0, 0.05) is 10.0 Å². The predicted octanol–water partition coefficient (Wildman–Crippen LogP) is 3.92. The third-order valence-electron chi connectivity index (χ3n) is 3.27. The molecule has 0 saturated heterocycles. The van der Waals surface area contributed by atoms with Crippen LogP contribution in [0.4, 0.5) is 0 Å². The zero-order valence-electron chi connectivity index (χ0n) is 12.7. The van der Waals surface area contributed by atoms with Crippen molar-refractivity contribution in [1.29, 1.82) is 0 Å². The summed E-state index contributed by atoms with van der Waals surface area (Å²) >= 11 is 3.42. The van der Waals surface area contributed by atoms with Crippen molar-refractivity contribution in [3.63, 3.8) is 0 Å². The first-order chi connectivity index (χ1) is 10.5. The van der Waals surface area contributed by atoms with E-state index in [1.165, 1.54) is 0 Å². The minimum Gasteiger partial charge on any atom is -0.497 e. The number of hydrogen-bond acceptors (Lipinski definition) is 3. The maximum Gasteiger partial charge on any atom is 0.271 e. The van der Waals surface area contributed by atoms with Crippen molar-refractivity contribution in [2.45, 2.75) is 13.8 Å². The molecule has 1 amide bonds. The summed E-state index contributed by atoms with van der Waals surface area (Å²) in [5, 5.41) is 4.14. The normalized spacial score (nSPS) is 11.2. The lowest BCUT2D eigenvalue weighted by molar-refractivity contribution is 0.0955. The van der Waals surface area contributed by atoms with E-state index >= 15 is 0 Å². The van der Waals surface area contributed by atoms with Crippen LogP contribution in [0, 0.1) is 6.92 Å². The summed E-state index contributed by atoms with van der Waals surface area (Å²) in [5.74, 6) is 0.540. The lowest BCUT2D eigenvalue weighted by Gasteiger charge is -2.05. The number of hydrogen-bond donors (Lipinski definition) is 1. The van der Waals surface area contributed by atoms with E-state index in [2.05, 4.69) is 26.5 Å². The Bertz CT molecular complexity index is 709. The largest absolute Gasteiger partial charge is 0.497 e. The third-order valence-corrected chi connectivity index (χ3v) is 4.12. The summed E-state index contributed by atoms with van der Waals surface area (Å²) in [6.07, 6.45) is 0. The number of halogens is 1. The van der Waals surface area contributed by atoms with Crippen molar-refractivity contribution in [3.05, 3.63) is 63.6 Å². The van der Waals surface area contributed by atoms with E-state index in [4.69, 9.17) is 4.74 Å². The van der Waals surface area contributed by atoms with Gasteiger partial charge in [-0.3, -0.25) is 4.79 Å². The van der Waals surface area contributed by atoms with Crippen LogP contribution < -0.4 is 10.2 Å². The first-order valence-electron chi connectivity index (χ1n) is 6.76. The van der Waals surface area contributed by atoms with Crippen LogP contribution in [0.3, 0.4) is 0 Å². The van der Waals surface area contributed by atoms with Crippen molar-refractivity contribution in [2.75, 3.05) is 7.11 Å². The van der Waals surface area contributed by atoms with Gasteiger partial charge in [0.2, 0.25) is 0 Å². The molecule has 2 aromatic carbocycles. The number of aryl methyl sites for hydroxylation is 1. The van der Waals surface area contributed by atoms with Crippen LogP contribution in [-0.2, 0) is 0 Å². The summed E-state index contributed by atoms with van der Waals surface area (Å²) in [4.78, 5) is 12.1. The molecule has 0 aliphatic heterocycles. The lowest BCUT2D eigenvalue weighted by atomic mass is 10.1. The molecule has 0 aliphatic rings. The number of ether oxygens (including phenoxy) is 1. The predicted molar refractivity (Wildman–Crippen MR) is 91.6 cm³/mol. The first-order valence-corrected chi connectivity index (χ1v) is 7.56. The molecular weight excluding hydrogens is 344 g/mol. The zero-order chi connectivity index (χ0) is 16.1. The van der Waals surface area contributed by atoms with Gasteiger partial charge in [0.15, 0.2) is 0 Å². The molecule has 2 aromatic rings. The topological polar surface area (TPSA) is 50.7 Å². The second-order valence-electron chi connectivity index (χ2n) is 4.83. The molecule has 0 saturated carbocycles.